The van der Waals surface area contributed by atoms with E-state index in [0.717, 1.165) is 0 Å². The smallest absolute Gasteiger partial charge is 0.316 e. The molecule has 21 heavy (non-hydrogen) atoms. The first kappa shape index (κ1) is 14.6. The van der Waals surface area contributed by atoms with Crippen LogP contribution in [0.25, 0.3) is 11.4 Å². The van der Waals surface area contributed by atoms with Crippen molar-refractivity contribution in [2.24, 2.45) is 0 Å². The molecule has 0 atom stereocenters. The molecule has 8 nitrogen and oxygen atoms in total. The molecule has 0 unspecified atom stereocenters. The second kappa shape index (κ2) is 6.60. The van der Waals surface area contributed by atoms with E-state index in [1.807, 2.05) is 13.8 Å². The maximum absolute atomic E-state index is 11.8. The van der Waals surface area contributed by atoms with Crippen molar-refractivity contribution in [2.75, 3.05) is 6.54 Å². The molecular weight excluding hydrogens is 274 g/mol. The van der Waals surface area contributed by atoms with E-state index in [-0.39, 0.29) is 30.2 Å². The van der Waals surface area contributed by atoms with Crippen LogP contribution in [-0.4, -0.2) is 39.5 Å². The number of rotatable bonds is 5. The lowest BCUT2D eigenvalue weighted by atomic mass is 10.2. The zero-order valence-electron chi connectivity index (χ0n) is 11.7. The molecule has 8 heteroatoms. The van der Waals surface area contributed by atoms with Gasteiger partial charge in [0.1, 0.15) is 0 Å². The van der Waals surface area contributed by atoms with Crippen molar-refractivity contribution in [3.8, 4) is 11.4 Å². The van der Waals surface area contributed by atoms with Crippen LogP contribution in [-0.2, 0) is 4.79 Å². The van der Waals surface area contributed by atoms with Gasteiger partial charge in [0.05, 0.1) is 6.54 Å². The molecule has 0 saturated carbocycles. The SMILES string of the molecule is CC(C)NC(=O)CNC(=O)c1nc(-c2ccncc2)no1. The molecule has 0 radical (unpaired) electrons. The molecule has 0 spiro atoms. The molecule has 0 bridgehead atoms. The Morgan fingerprint density at radius 3 is 2.67 bits per heavy atom. The van der Waals surface area contributed by atoms with E-state index in [1.165, 1.54) is 0 Å². The fraction of sp³-hybridized carbons (Fsp3) is 0.308. The number of hydrogen-bond donors (Lipinski definition) is 2. The average Bonchev–Trinajstić information content (AvgIpc) is 2.95. The van der Waals surface area contributed by atoms with Crippen molar-refractivity contribution >= 4 is 11.8 Å². The predicted molar refractivity (Wildman–Crippen MR) is 73.1 cm³/mol. The van der Waals surface area contributed by atoms with Crippen LogP contribution < -0.4 is 10.6 Å². The summed E-state index contributed by atoms with van der Waals surface area (Å²) in [6.07, 6.45) is 3.17. The minimum absolute atomic E-state index is 0.0103. The van der Waals surface area contributed by atoms with Gasteiger partial charge in [0.15, 0.2) is 0 Å². The molecule has 0 aromatic carbocycles. The maximum Gasteiger partial charge on any atom is 0.316 e. The molecule has 2 N–H and O–H groups in total. The number of carbonyl (C=O) groups is 2. The number of carbonyl (C=O) groups excluding carboxylic acids is 2. The third-order valence-electron chi connectivity index (χ3n) is 2.42. The van der Waals surface area contributed by atoms with Crippen LogP contribution in [0.1, 0.15) is 24.5 Å². The molecule has 0 aliphatic carbocycles. The number of hydrogen-bond acceptors (Lipinski definition) is 6. The summed E-state index contributed by atoms with van der Waals surface area (Å²) in [6, 6.07) is 3.40. The van der Waals surface area contributed by atoms with E-state index in [1.54, 1.807) is 24.5 Å². The predicted octanol–water partition coefficient (Wildman–Crippen LogP) is 0.386. The highest BCUT2D eigenvalue weighted by Gasteiger charge is 2.16. The quantitative estimate of drug-likeness (QED) is 0.823. The van der Waals surface area contributed by atoms with Crippen molar-refractivity contribution in [1.82, 2.24) is 25.8 Å². The van der Waals surface area contributed by atoms with E-state index in [4.69, 9.17) is 4.52 Å². The van der Waals surface area contributed by atoms with Crippen molar-refractivity contribution < 1.29 is 14.1 Å². The highest BCUT2D eigenvalue weighted by Crippen LogP contribution is 2.13. The van der Waals surface area contributed by atoms with Crippen LogP contribution in [0.2, 0.25) is 0 Å². The Bertz CT molecular complexity index is 624. The van der Waals surface area contributed by atoms with Gasteiger partial charge in [0.2, 0.25) is 11.7 Å². The van der Waals surface area contributed by atoms with Crippen LogP contribution in [0.5, 0.6) is 0 Å². The van der Waals surface area contributed by atoms with Gasteiger partial charge in [-0.3, -0.25) is 14.6 Å². The third-order valence-corrected chi connectivity index (χ3v) is 2.42. The second-order valence-corrected chi connectivity index (χ2v) is 4.56. The van der Waals surface area contributed by atoms with Gasteiger partial charge in [-0.15, -0.1) is 0 Å². The summed E-state index contributed by atoms with van der Waals surface area (Å²) in [6.45, 7) is 3.52. The van der Waals surface area contributed by atoms with Gasteiger partial charge >= 0.3 is 11.8 Å². The van der Waals surface area contributed by atoms with E-state index in [9.17, 15) is 9.59 Å². The summed E-state index contributed by atoms with van der Waals surface area (Å²) in [4.78, 5) is 31.0. The topological polar surface area (TPSA) is 110 Å². The maximum atomic E-state index is 11.8. The zero-order valence-corrected chi connectivity index (χ0v) is 11.7. The number of nitrogens with zero attached hydrogens (tertiary/aromatic N) is 3. The molecule has 2 amide bonds. The fourth-order valence-corrected chi connectivity index (χ4v) is 1.54. The Balaban J connectivity index is 1.95. The highest BCUT2D eigenvalue weighted by atomic mass is 16.5. The lowest BCUT2D eigenvalue weighted by molar-refractivity contribution is -0.120. The zero-order chi connectivity index (χ0) is 15.2. The van der Waals surface area contributed by atoms with Gasteiger partial charge in [-0.25, -0.2) is 0 Å². The lowest BCUT2D eigenvalue weighted by Gasteiger charge is -2.07. The Hall–Kier alpha value is -2.77. The number of amides is 2. The first-order chi connectivity index (χ1) is 10.1. The van der Waals surface area contributed by atoms with E-state index in [0.29, 0.717) is 5.56 Å². The lowest BCUT2D eigenvalue weighted by Crippen LogP contribution is -2.39. The molecular formula is C13H15N5O3. The van der Waals surface area contributed by atoms with Crippen molar-refractivity contribution in [3.05, 3.63) is 30.4 Å². The minimum Gasteiger partial charge on any atom is -0.352 e. The number of nitrogens with one attached hydrogen (secondary N) is 2. The summed E-state index contributed by atoms with van der Waals surface area (Å²) in [7, 11) is 0. The van der Waals surface area contributed by atoms with Crippen molar-refractivity contribution in [3.63, 3.8) is 0 Å². The Morgan fingerprint density at radius 1 is 1.29 bits per heavy atom. The van der Waals surface area contributed by atoms with Gasteiger partial charge < -0.3 is 15.2 Å². The molecule has 0 fully saturated rings. The first-order valence-corrected chi connectivity index (χ1v) is 6.38. The molecule has 110 valence electrons. The van der Waals surface area contributed by atoms with Crippen LogP contribution in [0.3, 0.4) is 0 Å². The summed E-state index contributed by atoms with van der Waals surface area (Å²) < 4.78 is 4.87. The van der Waals surface area contributed by atoms with Gasteiger partial charge in [-0.2, -0.15) is 4.98 Å². The number of aromatic nitrogens is 3. The van der Waals surface area contributed by atoms with Gasteiger partial charge in [-0.05, 0) is 26.0 Å². The van der Waals surface area contributed by atoms with Crippen molar-refractivity contribution in [2.45, 2.75) is 19.9 Å². The van der Waals surface area contributed by atoms with Crippen molar-refractivity contribution in [1.29, 1.82) is 0 Å². The Morgan fingerprint density at radius 2 is 2.00 bits per heavy atom. The standard InChI is InChI=1S/C13H15N5O3/c1-8(2)16-10(19)7-15-12(20)13-17-11(18-21-13)9-3-5-14-6-4-9/h3-6,8H,7H2,1-2H3,(H,15,20)(H,16,19). The van der Waals surface area contributed by atoms with E-state index < -0.39 is 5.91 Å². The molecule has 2 aromatic rings. The summed E-state index contributed by atoms with van der Waals surface area (Å²) in [5.41, 5.74) is 0.686. The molecule has 2 heterocycles. The van der Waals surface area contributed by atoms with Gasteiger partial charge in [0, 0.05) is 24.0 Å². The van der Waals surface area contributed by atoms with Crippen LogP contribution in [0, 0.1) is 0 Å². The van der Waals surface area contributed by atoms with Gasteiger partial charge in [0.25, 0.3) is 0 Å². The highest BCUT2D eigenvalue weighted by molar-refractivity contribution is 5.93. The Labute approximate surface area is 121 Å². The van der Waals surface area contributed by atoms with Crippen LogP contribution in [0.15, 0.2) is 29.0 Å². The molecule has 0 aliphatic heterocycles. The minimum atomic E-state index is -0.596. The third kappa shape index (κ3) is 4.10. The fourth-order valence-electron chi connectivity index (χ4n) is 1.54. The van der Waals surface area contributed by atoms with Crippen LogP contribution in [0.4, 0.5) is 0 Å². The summed E-state index contributed by atoms with van der Waals surface area (Å²) in [5, 5.41) is 8.77. The van der Waals surface area contributed by atoms with E-state index >= 15 is 0 Å². The molecule has 0 aliphatic rings. The summed E-state index contributed by atoms with van der Waals surface area (Å²) in [5.74, 6) is -0.790. The molecule has 0 saturated heterocycles. The van der Waals surface area contributed by atoms with E-state index in [2.05, 4.69) is 25.8 Å². The van der Waals surface area contributed by atoms with Gasteiger partial charge in [-0.1, -0.05) is 5.16 Å². The average molecular weight is 289 g/mol. The first-order valence-electron chi connectivity index (χ1n) is 6.38. The summed E-state index contributed by atoms with van der Waals surface area (Å²) >= 11 is 0. The molecule has 2 rings (SSSR count). The normalized spacial score (nSPS) is 10.4. The Kier molecular flexibility index (Phi) is 4.60. The monoisotopic (exact) mass is 289 g/mol. The number of pyridine rings is 1. The van der Waals surface area contributed by atoms with Crippen LogP contribution >= 0.6 is 0 Å². The largest absolute Gasteiger partial charge is 0.352 e. The second-order valence-electron chi connectivity index (χ2n) is 4.56. The molecule has 2 aromatic heterocycles.